The van der Waals surface area contributed by atoms with Crippen molar-refractivity contribution in [3.05, 3.63) is 28.7 Å². The predicted octanol–water partition coefficient (Wildman–Crippen LogP) is 0.908. The highest BCUT2D eigenvalue weighted by atomic mass is 32.2. The van der Waals surface area contributed by atoms with Crippen LogP contribution in [0.4, 0.5) is 0 Å². The Kier molecular flexibility index (Phi) is 2.23. The molecule has 0 aromatic heterocycles. The van der Waals surface area contributed by atoms with Crippen molar-refractivity contribution in [1.29, 1.82) is 0 Å². The lowest BCUT2D eigenvalue weighted by molar-refractivity contribution is -0.131. The molecule has 0 saturated heterocycles. The van der Waals surface area contributed by atoms with Crippen molar-refractivity contribution in [2.75, 3.05) is 7.11 Å². The Morgan fingerprint density at radius 3 is 2.62 bits per heavy atom. The molecule has 5 nitrogen and oxygen atoms in total. The Labute approximate surface area is 91.9 Å². The van der Waals surface area contributed by atoms with Crippen LogP contribution in [-0.4, -0.2) is 26.6 Å². The van der Waals surface area contributed by atoms with Gasteiger partial charge in [-0.2, -0.15) is 0 Å². The van der Waals surface area contributed by atoms with Crippen LogP contribution < -0.4 is 4.74 Å². The first-order valence-electron chi connectivity index (χ1n) is 4.35. The second-order valence-electron chi connectivity index (χ2n) is 3.22. The number of aliphatic carboxylic acids is 1. The van der Waals surface area contributed by atoms with Crippen LogP contribution >= 0.6 is 0 Å². The molecule has 1 aliphatic heterocycles. The molecule has 6 heteroatoms. The van der Waals surface area contributed by atoms with Gasteiger partial charge in [-0.3, -0.25) is 0 Å². The molecule has 0 fully saturated rings. The van der Waals surface area contributed by atoms with Gasteiger partial charge in [-0.25, -0.2) is 13.2 Å². The molecule has 0 bridgehead atoms. The van der Waals surface area contributed by atoms with Crippen molar-refractivity contribution in [3.63, 3.8) is 0 Å². The number of carboxylic acid groups (broad SMARTS) is 1. The summed E-state index contributed by atoms with van der Waals surface area (Å²) in [6.07, 6.45) is 1.15. The number of methoxy groups -OCH3 is 1. The Morgan fingerprint density at radius 2 is 2.06 bits per heavy atom. The maximum atomic E-state index is 11.8. The van der Waals surface area contributed by atoms with Gasteiger partial charge in [-0.1, -0.05) is 0 Å². The molecule has 1 aromatic carbocycles. The molecule has 84 valence electrons. The van der Waals surface area contributed by atoms with Gasteiger partial charge in [0, 0.05) is 0 Å². The van der Waals surface area contributed by atoms with Crippen molar-refractivity contribution in [2.45, 2.75) is 4.90 Å². The quantitative estimate of drug-likeness (QED) is 0.830. The monoisotopic (exact) mass is 240 g/mol. The molecule has 1 aliphatic rings. The van der Waals surface area contributed by atoms with Gasteiger partial charge in [-0.05, 0) is 29.8 Å². The zero-order valence-corrected chi connectivity index (χ0v) is 9.11. The van der Waals surface area contributed by atoms with E-state index in [1.54, 1.807) is 6.07 Å². The maximum Gasteiger partial charge on any atom is 0.347 e. The molecule has 0 unspecified atom stereocenters. The Balaban J connectivity index is 2.67. The minimum absolute atomic E-state index is 0.0238. The number of hydrogen-bond donors (Lipinski definition) is 1. The van der Waals surface area contributed by atoms with E-state index in [1.807, 2.05) is 0 Å². The van der Waals surface area contributed by atoms with Gasteiger partial charge in [0.1, 0.15) is 5.75 Å². The molecule has 0 spiro atoms. The standard InChI is InChI=1S/C10H8O5S/c1-15-7-3-2-6-4-9(10(11)12)16(13,14)8(6)5-7/h2-5H,1H3,(H,11,12). The molecule has 0 radical (unpaired) electrons. The van der Waals surface area contributed by atoms with E-state index >= 15 is 0 Å². The highest BCUT2D eigenvalue weighted by molar-refractivity contribution is 7.96. The minimum Gasteiger partial charge on any atom is -0.497 e. The van der Waals surface area contributed by atoms with Crippen molar-refractivity contribution >= 4 is 21.9 Å². The third kappa shape index (κ3) is 1.38. The highest BCUT2D eigenvalue weighted by Crippen LogP contribution is 2.35. The number of carbonyl (C=O) groups is 1. The zero-order valence-electron chi connectivity index (χ0n) is 8.30. The molecule has 1 heterocycles. The Hall–Kier alpha value is -1.82. The maximum absolute atomic E-state index is 11.8. The molecule has 0 saturated carbocycles. The summed E-state index contributed by atoms with van der Waals surface area (Å²) in [7, 11) is -2.49. The summed E-state index contributed by atoms with van der Waals surface area (Å²) in [6.45, 7) is 0. The van der Waals surface area contributed by atoms with Gasteiger partial charge < -0.3 is 9.84 Å². The fourth-order valence-corrected chi connectivity index (χ4v) is 2.97. The Bertz CT molecular complexity index is 598. The van der Waals surface area contributed by atoms with Gasteiger partial charge in [-0.15, -0.1) is 0 Å². The van der Waals surface area contributed by atoms with E-state index in [9.17, 15) is 13.2 Å². The summed E-state index contributed by atoms with van der Waals surface area (Å²) < 4.78 is 28.5. The van der Waals surface area contributed by atoms with E-state index in [1.165, 1.54) is 19.2 Å². The van der Waals surface area contributed by atoms with Gasteiger partial charge in [0.25, 0.3) is 0 Å². The first-order valence-corrected chi connectivity index (χ1v) is 5.83. The molecular weight excluding hydrogens is 232 g/mol. The average Bonchev–Trinajstić information content (AvgIpc) is 2.50. The van der Waals surface area contributed by atoms with E-state index in [0.717, 1.165) is 6.08 Å². The lowest BCUT2D eigenvalue weighted by Crippen LogP contribution is -2.09. The number of benzene rings is 1. The fraction of sp³-hybridized carbons (Fsp3) is 0.100. The zero-order chi connectivity index (χ0) is 11.9. The summed E-state index contributed by atoms with van der Waals surface area (Å²) in [5.74, 6) is -1.07. The van der Waals surface area contributed by atoms with Crippen molar-refractivity contribution < 1.29 is 23.1 Å². The number of hydrogen-bond acceptors (Lipinski definition) is 4. The third-order valence-electron chi connectivity index (χ3n) is 2.30. The van der Waals surface area contributed by atoms with E-state index in [0.29, 0.717) is 11.3 Å². The van der Waals surface area contributed by atoms with Crippen molar-refractivity contribution in [1.82, 2.24) is 0 Å². The highest BCUT2D eigenvalue weighted by Gasteiger charge is 2.34. The second-order valence-corrected chi connectivity index (χ2v) is 5.11. The van der Waals surface area contributed by atoms with E-state index in [2.05, 4.69) is 0 Å². The summed E-state index contributed by atoms with van der Waals surface area (Å²) in [5, 5.41) is 8.77. The van der Waals surface area contributed by atoms with E-state index < -0.39 is 20.7 Å². The summed E-state index contributed by atoms with van der Waals surface area (Å²) >= 11 is 0. The molecule has 0 aliphatic carbocycles. The van der Waals surface area contributed by atoms with E-state index in [-0.39, 0.29) is 4.90 Å². The van der Waals surface area contributed by atoms with Gasteiger partial charge in [0.05, 0.1) is 12.0 Å². The van der Waals surface area contributed by atoms with Crippen LogP contribution in [0.15, 0.2) is 28.0 Å². The molecule has 1 aromatic rings. The van der Waals surface area contributed by atoms with Crippen molar-refractivity contribution in [3.8, 4) is 5.75 Å². The number of rotatable bonds is 2. The molecule has 1 N–H and O–H groups in total. The number of carboxylic acids is 1. The number of fused-ring (bicyclic) bond motifs is 1. The smallest absolute Gasteiger partial charge is 0.347 e. The van der Waals surface area contributed by atoms with Crippen molar-refractivity contribution in [2.24, 2.45) is 0 Å². The number of ether oxygens (including phenoxy) is 1. The average molecular weight is 240 g/mol. The molecule has 2 rings (SSSR count). The lowest BCUT2D eigenvalue weighted by atomic mass is 10.2. The van der Waals surface area contributed by atoms with Crippen LogP contribution in [0.25, 0.3) is 6.08 Å². The predicted molar refractivity (Wildman–Crippen MR) is 55.8 cm³/mol. The fourth-order valence-electron chi connectivity index (χ4n) is 1.51. The van der Waals surface area contributed by atoms with Gasteiger partial charge in [0.15, 0.2) is 4.91 Å². The van der Waals surface area contributed by atoms with Crippen LogP contribution in [0.2, 0.25) is 0 Å². The lowest BCUT2D eigenvalue weighted by Gasteiger charge is -2.03. The normalized spacial score (nSPS) is 16.4. The molecule has 0 amide bonds. The van der Waals surface area contributed by atoms with Crippen LogP contribution in [0.1, 0.15) is 5.56 Å². The van der Waals surface area contributed by atoms with Crippen LogP contribution in [0.5, 0.6) is 5.75 Å². The summed E-state index contributed by atoms with van der Waals surface area (Å²) in [5.41, 5.74) is 0.373. The summed E-state index contributed by atoms with van der Waals surface area (Å²) in [4.78, 5) is 10.1. The Morgan fingerprint density at radius 1 is 1.38 bits per heavy atom. The number of sulfone groups is 1. The summed E-state index contributed by atoms with van der Waals surface area (Å²) in [6, 6.07) is 4.41. The second kappa shape index (κ2) is 3.34. The van der Waals surface area contributed by atoms with Gasteiger partial charge in [0.2, 0.25) is 9.84 Å². The minimum atomic E-state index is -3.90. The SMILES string of the molecule is COc1ccc2c(c1)S(=O)(=O)C(C(=O)O)=C2. The van der Waals surface area contributed by atoms with Crippen LogP contribution in [0.3, 0.4) is 0 Å². The molecular formula is C10H8O5S. The topological polar surface area (TPSA) is 80.7 Å². The van der Waals surface area contributed by atoms with E-state index in [4.69, 9.17) is 9.84 Å². The first-order chi connectivity index (χ1) is 7.46. The molecule has 16 heavy (non-hydrogen) atoms. The van der Waals surface area contributed by atoms with Crippen LogP contribution in [0, 0.1) is 0 Å². The van der Waals surface area contributed by atoms with Gasteiger partial charge >= 0.3 is 5.97 Å². The molecule has 0 atom stereocenters. The first kappa shape index (κ1) is 10.7. The largest absolute Gasteiger partial charge is 0.497 e. The van der Waals surface area contributed by atoms with Crippen LogP contribution in [-0.2, 0) is 14.6 Å². The third-order valence-corrected chi connectivity index (χ3v) is 4.10.